The van der Waals surface area contributed by atoms with Crippen LogP contribution in [0.1, 0.15) is 29.2 Å². The fraction of sp³-hybridized carbons (Fsp3) is 0.400. The summed E-state index contributed by atoms with van der Waals surface area (Å²) in [6.45, 7) is -1.71. The average Bonchev–Trinajstić information content (AvgIpc) is 3.08. The summed E-state index contributed by atoms with van der Waals surface area (Å²) in [7, 11) is 0. The molecule has 122 valence electrons. The van der Waals surface area contributed by atoms with Gasteiger partial charge in [-0.05, 0) is 31.0 Å². The highest BCUT2D eigenvalue weighted by molar-refractivity contribution is 5.94. The van der Waals surface area contributed by atoms with E-state index in [-0.39, 0.29) is 17.7 Å². The van der Waals surface area contributed by atoms with Crippen LogP contribution in [0.3, 0.4) is 0 Å². The molecular weight excluding hydrogens is 306 g/mol. The van der Waals surface area contributed by atoms with Crippen molar-refractivity contribution in [1.29, 1.82) is 0 Å². The summed E-state index contributed by atoms with van der Waals surface area (Å²) in [5.74, 6) is -0.183. The minimum absolute atomic E-state index is 0.00905. The molecule has 8 heteroatoms. The van der Waals surface area contributed by atoms with E-state index in [9.17, 15) is 13.6 Å². The maximum absolute atomic E-state index is 12.5. The monoisotopic (exact) mass is 322 g/mol. The molecule has 1 aromatic carbocycles. The van der Waals surface area contributed by atoms with Gasteiger partial charge in [-0.1, -0.05) is 6.07 Å². The first-order valence-electron chi connectivity index (χ1n) is 7.32. The largest absolute Gasteiger partial charge is 0.435 e. The molecule has 0 aliphatic carbocycles. The third-order valence-corrected chi connectivity index (χ3v) is 3.92. The van der Waals surface area contributed by atoms with Crippen LogP contribution in [0, 0.1) is 0 Å². The van der Waals surface area contributed by atoms with Gasteiger partial charge in [0.2, 0.25) is 0 Å². The summed E-state index contributed by atoms with van der Waals surface area (Å²) in [6.07, 6.45) is 4.95. The van der Waals surface area contributed by atoms with Crippen molar-refractivity contribution in [1.82, 2.24) is 19.7 Å². The highest BCUT2D eigenvalue weighted by Gasteiger charge is 2.24. The van der Waals surface area contributed by atoms with Gasteiger partial charge in [-0.15, -0.1) is 10.2 Å². The molecule has 0 atom stereocenters. The van der Waals surface area contributed by atoms with E-state index in [0.29, 0.717) is 18.7 Å². The van der Waals surface area contributed by atoms with Gasteiger partial charge in [0.15, 0.2) is 0 Å². The molecule has 0 saturated carbocycles. The topological polar surface area (TPSA) is 60.2 Å². The summed E-state index contributed by atoms with van der Waals surface area (Å²) < 4.78 is 30.8. The van der Waals surface area contributed by atoms with Crippen molar-refractivity contribution in [2.45, 2.75) is 25.5 Å². The molecule has 0 N–H and O–H groups in total. The molecular formula is C15H16F2N4O2. The number of rotatable bonds is 4. The maximum Gasteiger partial charge on any atom is 0.387 e. The Kier molecular flexibility index (Phi) is 4.50. The molecule has 23 heavy (non-hydrogen) atoms. The van der Waals surface area contributed by atoms with Crippen LogP contribution < -0.4 is 4.74 Å². The van der Waals surface area contributed by atoms with E-state index in [2.05, 4.69) is 14.9 Å². The van der Waals surface area contributed by atoms with Crippen molar-refractivity contribution >= 4 is 5.91 Å². The summed E-state index contributed by atoms with van der Waals surface area (Å²) in [5.41, 5.74) is 0.353. The molecule has 1 aliphatic heterocycles. The minimum Gasteiger partial charge on any atom is -0.435 e. The van der Waals surface area contributed by atoms with Gasteiger partial charge >= 0.3 is 6.61 Å². The van der Waals surface area contributed by atoms with Crippen molar-refractivity contribution in [3.63, 3.8) is 0 Å². The number of nitrogens with zero attached hydrogens (tertiary/aromatic N) is 4. The summed E-state index contributed by atoms with van der Waals surface area (Å²) in [4.78, 5) is 14.2. The lowest BCUT2D eigenvalue weighted by molar-refractivity contribution is -0.0499. The zero-order valence-electron chi connectivity index (χ0n) is 12.3. The second-order valence-corrected chi connectivity index (χ2v) is 5.34. The molecule has 1 amide bonds. The molecule has 3 rings (SSSR count). The lowest BCUT2D eigenvalue weighted by Crippen LogP contribution is -2.38. The number of benzene rings is 1. The predicted octanol–water partition coefficient (Wildman–Crippen LogP) is 2.36. The van der Waals surface area contributed by atoms with Gasteiger partial charge in [0.25, 0.3) is 5.91 Å². The number of aromatic nitrogens is 3. The normalized spacial score (nSPS) is 15.9. The molecule has 1 fully saturated rings. The molecule has 2 heterocycles. The zero-order chi connectivity index (χ0) is 16.2. The standard InChI is InChI=1S/C15H16F2N4O2/c16-15(17)23-13-3-1-2-11(8-13)14(22)20-6-4-12(5-7-20)21-9-18-19-10-21/h1-3,8-10,12,15H,4-7H2. The van der Waals surface area contributed by atoms with Crippen LogP contribution in [0.5, 0.6) is 5.75 Å². The van der Waals surface area contributed by atoms with Crippen molar-refractivity contribution in [2.24, 2.45) is 0 Å². The van der Waals surface area contributed by atoms with Gasteiger partial charge in [0, 0.05) is 24.7 Å². The van der Waals surface area contributed by atoms with Gasteiger partial charge in [-0.3, -0.25) is 4.79 Å². The van der Waals surface area contributed by atoms with Gasteiger partial charge in [0.1, 0.15) is 18.4 Å². The molecule has 0 radical (unpaired) electrons. The Morgan fingerprint density at radius 2 is 1.91 bits per heavy atom. The van der Waals surface area contributed by atoms with Gasteiger partial charge < -0.3 is 14.2 Å². The Morgan fingerprint density at radius 3 is 2.57 bits per heavy atom. The smallest absolute Gasteiger partial charge is 0.387 e. The first-order valence-corrected chi connectivity index (χ1v) is 7.32. The Bertz CT molecular complexity index is 655. The third-order valence-electron chi connectivity index (χ3n) is 3.92. The van der Waals surface area contributed by atoms with Crippen LogP contribution in [0.2, 0.25) is 0 Å². The molecule has 1 saturated heterocycles. The van der Waals surface area contributed by atoms with Crippen LogP contribution >= 0.6 is 0 Å². The van der Waals surface area contributed by atoms with E-state index in [0.717, 1.165) is 12.8 Å². The number of likely N-dealkylation sites (tertiary alicyclic amines) is 1. The predicted molar refractivity (Wildman–Crippen MR) is 77.3 cm³/mol. The number of piperidine rings is 1. The van der Waals surface area contributed by atoms with E-state index >= 15 is 0 Å². The van der Waals surface area contributed by atoms with Gasteiger partial charge in [0.05, 0.1) is 0 Å². The summed E-state index contributed by atoms with van der Waals surface area (Å²) >= 11 is 0. The Morgan fingerprint density at radius 1 is 1.22 bits per heavy atom. The Balaban J connectivity index is 1.63. The van der Waals surface area contributed by atoms with Crippen LogP contribution in [0.25, 0.3) is 0 Å². The fourth-order valence-corrected chi connectivity index (χ4v) is 2.75. The molecule has 1 aliphatic rings. The van der Waals surface area contributed by atoms with E-state index in [1.54, 1.807) is 23.6 Å². The van der Waals surface area contributed by atoms with Crippen molar-refractivity contribution in [3.8, 4) is 5.75 Å². The van der Waals surface area contributed by atoms with Crippen LogP contribution in [0.15, 0.2) is 36.9 Å². The average molecular weight is 322 g/mol. The van der Waals surface area contributed by atoms with E-state index in [4.69, 9.17) is 0 Å². The quantitative estimate of drug-likeness (QED) is 0.867. The number of amides is 1. The number of hydrogen-bond acceptors (Lipinski definition) is 4. The summed E-state index contributed by atoms with van der Waals surface area (Å²) in [5, 5.41) is 7.58. The lowest BCUT2D eigenvalue weighted by Gasteiger charge is -2.32. The molecule has 6 nitrogen and oxygen atoms in total. The van der Waals surface area contributed by atoms with E-state index < -0.39 is 6.61 Å². The van der Waals surface area contributed by atoms with Crippen molar-refractivity contribution in [3.05, 3.63) is 42.5 Å². The van der Waals surface area contributed by atoms with Gasteiger partial charge in [-0.2, -0.15) is 8.78 Å². The second kappa shape index (κ2) is 6.72. The fourth-order valence-electron chi connectivity index (χ4n) is 2.75. The number of carbonyl (C=O) groups is 1. The maximum atomic E-state index is 12.5. The second-order valence-electron chi connectivity index (χ2n) is 5.34. The van der Waals surface area contributed by atoms with Gasteiger partial charge in [-0.25, -0.2) is 0 Å². The molecule has 2 aromatic rings. The van der Waals surface area contributed by atoms with Crippen LogP contribution in [0.4, 0.5) is 8.78 Å². The van der Waals surface area contributed by atoms with Crippen molar-refractivity contribution in [2.75, 3.05) is 13.1 Å². The first-order chi connectivity index (χ1) is 11.1. The van der Waals surface area contributed by atoms with Crippen molar-refractivity contribution < 1.29 is 18.3 Å². The molecule has 1 aromatic heterocycles. The Labute approximate surface area is 131 Å². The minimum atomic E-state index is -2.90. The highest BCUT2D eigenvalue weighted by atomic mass is 19.3. The number of alkyl halides is 2. The third kappa shape index (κ3) is 3.64. The van der Waals surface area contributed by atoms with E-state index in [1.165, 1.54) is 18.2 Å². The SMILES string of the molecule is O=C(c1cccc(OC(F)F)c1)N1CCC(n2cnnc2)CC1. The molecule has 0 spiro atoms. The highest BCUT2D eigenvalue weighted by Crippen LogP contribution is 2.24. The van der Waals surface area contributed by atoms with E-state index in [1.807, 2.05) is 4.57 Å². The molecule has 0 bridgehead atoms. The van der Waals surface area contributed by atoms with Crippen LogP contribution in [-0.4, -0.2) is 45.3 Å². The summed E-state index contributed by atoms with van der Waals surface area (Å²) in [6, 6.07) is 6.17. The Hall–Kier alpha value is -2.51. The number of hydrogen-bond donors (Lipinski definition) is 0. The number of halogens is 2. The number of ether oxygens (including phenoxy) is 1. The first kappa shape index (κ1) is 15.4. The zero-order valence-corrected chi connectivity index (χ0v) is 12.3. The lowest BCUT2D eigenvalue weighted by atomic mass is 10.0. The van der Waals surface area contributed by atoms with Crippen LogP contribution in [-0.2, 0) is 0 Å². The number of carbonyl (C=O) groups excluding carboxylic acids is 1. The molecule has 0 unspecified atom stereocenters.